The minimum absolute atomic E-state index is 0.0205. The molecule has 1 fully saturated rings. The molecule has 0 aromatic carbocycles. The Labute approximate surface area is 92.9 Å². The van der Waals surface area contributed by atoms with Gasteiger partial charge in [-0.15, -0.1) is 4.65 Å². The van der Waals surface area contributed by atoms with Gasteiger partial charge < -0.3 is 0 Å². The maximum absolute atomic E-state index is 11.6. The summed E-state index contributed by atoms with van der Waals surface area (Å²) in [5, 5.41) is 0. The maximum atomic E-state index is 11.6. The number of carbonyl (C=O) groups excluding carboxylic acids is 1. The Kier molecular flexibility index (Phi) is 5.09. The Bertz CT molecular complexity index is 198. The standard InChI is InChI=1S/C12H24NO2/c1-3-4-6-9-12(14)15-13(2)10-7-5-8-11-13/h3-11H2,1-2H3/q+1. The Morgan fingerprint density at radius 2 is 1.87 bits per heavy atom. The van der Waals surface area contributed by atoms with E-state index in [1.807, 2.05) is 7.05 Å². The van der Waals surface area contributed by atoms with E-state index in [4.69, 9.17) is 4.84 Å². The molecule has 1 rings (SSSR count). The van der Waals surface area contributed by atoms with Crippen molar-refractivity contribution in [3.63, 3.8) is 0 Å². The number of likely N-dealkylation sites (tertiary alicyclic amines) is 1. The molecule has 1 saturated heterocycles. The van der Waals surface area contributed by atoms with E-state index < -0.39 is 0 Å². The average Bonchev–Trinajstić information content (AvgIpc) is 2.18. The molecule has 0 spiro atoms. The van der Waals surface area contributed by atoms with Crippen molar-refractivity contribution in [3.05, 3.63) is 0 Å². The number of carbonyl (C=O) groups is 1. The molecule has 0 N–H and O–H groups in total. The second-order valence-electron chi connectivity index (χ2n) is 4.73. The summed E-state index contributed by atoms with van der Waals surface area (Å²) in [4.78, 5) is 17.1. The van der Waals surface area contributed by atoms with Crippen molar-refractivity contribution < 1.29 is 14.3 Å². The van der Waals surface area contributed by atoms with E-state index in [1.54, 1.807) is 0 Å². The van der Waals surface area contributed by atoms with Crippen molar-refractivity contribution in [3.8, 4) is 0 Å². The molecule has 0 aromatic heterocycles. The summed E-state index contributed by atoms with van der Waals surface area (Å²) in [7, 11) is 2.02. The predicted octanol–water partition coefficient (Wildman–Crippen LogP) is 2.66. The van der Waals surface area contributed by atoms with Gasteiger partial charge in [-0.2, -0.15) is 0 Å². The van der Waals surface area contributed by atoms with Crippen LogP contribution in [0.5, 0.6) is 0 Å². The van der Waals surface area contributed by atoms with Gasteiger partial charge in [-0.05, 0) is 12.8 Å². The lowest BCUT2D eigenvalue weighted by Gasteiger charge is -2.33. The first-order chi connectivity index (χ1) is 7.16. The van der Waals surface area contributed by atoms with Crippen LogP contribution in [0.3, 0.4) is 0 Å². The number of nitrogens with zero attached hydrogens (tertiary/aromatic N) is 1. The van der Waals surface area contributed by atoms with Crippen molar-refractivity contribution in [2.45, 2.75) is 51.9 Å². The number of hydrogen-bond acceptors (Lipinski definition) is 2. The summed E-state index contributed by atoms with van der Waals surface area (Å²) >= 11 is 0. The summed E-state index contributed by atoms with van der Waals surface area (Å²) in [6.07, 6.45) is 7.47. The molecule has 0 atom stereocenters. The first-order valence-corrected chi connectivity index (χ1v) is 6.23. The number of hydroxylamine groups is 3. The molecular formula is C12H24NO2+. The molecular weight excluding hydrogens is 190 g/mol. The minimum atomic E-state index is -0.0205. The van der Waals surface area contributed by atoms with Crippen LogP contribution in [0.25, 0.3) is 0 Å². The molecule has 0 unspecified atom stereocenters. The molecule has 0 aliphatic carbocycles. The van der Waals surface area contributed by atoms with Gasteiger partial charge in [0.05, 0.1) is 6.42 Å². The Morgan fingerprint density at radius 1 is 1.20 bits per heavy atom. The van der Waals surface area contributed by atoms with Crippen LogP contribution >= 0.6 is 0 Å². The zero-order chi connectivity index (χ0) is 11.1. The third-order valence-corrected chi connectivity index (χ3v) is 3.07. The lowest BCUT2D eigenvalue weighted by molar-refractivity contribution is -1.08. The molecule has 1 heterocycles. The third kappa shape index (κ3) is 4.65. The topological polar surface area (TPSA) is 26.3 Å². The first-order valence-electron chi connectivity index (χ1n) is 6.23. The fourth-order valence-electron chi connectivity index (χ4n) is 2.08. The van der Waals surface area contributed by atoms with E-state index in [9.17, 15) is 4.79 Å². The predicted molar refractivity (Wildman–Crippen MR) is 60.0 cm³/mol. The summed E-state index contributed by atoms with van der Waals surface area (Å²) in [6.45, 7) is 4.11. The summed E-state index contributed by atoms with van der Waals surface area (Å²) in [6, 6.07) is 0. The lowest BCUT2D eigenvalue weighted by atomic mass is 10.1. The van der Waals surface area contributed by atoms with E-state index in [0.29, 0.717) is 11.1 Å². The molecule has 0 bridgehead atoms. The van der Waals surface area contributed by atoms with E-state index in [0.717, 1.165) is 32.4 Å². The van der Waals surface area contributed by atoms with Crippen LogP contribution in [0.2, 0.25) is 0 Å². The second-order valence-corrected chi connectivity index (χ2v) is 4.73. The molecule has 3 nitrogen and oxygen atoms in total. The SMILES string of the molecule is CCCCCC(=O)O[N+]1(C)CCCCC1. The molecule has 0 radical (unpaired) electrons. The Hall–Kier alpha value is -0.570. The van der Waals surface area contributed by atoms with Gasteiger partial charge in [0.1, 0.15) is 20.1 Å². The zero-order valence-corrected chi connectivity index (χ0v) is 10.1. The molecule has 0 saturated carbocycles. The van der Waals surface area contributed by atoms with E-state index in [1.165, 1.54) is 19.3 Å². The number of quaternary nitrogens is 1. The molecule has 88 valence electrons. The maximum Gasteiger partial charge on any atom is 0.366 e. The number of rotatable bonds is 5. The minimum Gasteiger partial charge on any atom is -0.277 e. The van der Waals surface area contributed by atoms with Crippen molar-refractivity contribution in [2.24, 2.45) is 0 Å². The van der Waals surface area contributed by atoms with Crippen LogP contribution in [0.1, 0.15) is 51.9 Å². The van der Waals surface area contributed by atoms with Crippen LogP contribution in [0.15, 0.2) is 0 Å². The summed E-state index contributed by atoms with van der Waals surface area (Å²) < 4.78 is 0.505. The highest BCUT2D eigenvalue weighted by Crippen LogP contribution is 2.17. The van der Waals surface area contributed by atoms with Crippen LogP contribution in [-0.2, 0) is 9.63 Å². The Morgan fingerprint density at radius 3 is 2.47 bits per heavy atom. The zero-order valence-electron chi connectivity index (χ0n) is 10.1. The summed E-state index contributed by atoms with van der Waals surface area (Å²) in [5.74, 6) is -0.0205. The smallest absolute Gasteiger partial charge is 0.277 e. The van der Waals surface area contributed by atoms with E-state index in [-0.39, 0.29) is 5.97 Å². The lowest BCUT2D eigenvalue weighted by Crippen LogP contribution is -2.49. The van der Waals surface area contributed by atoms with Crippen molar-refractivity contribution in [2.75, 3.05) is 20.1 Å². The number of unbranched alkanes of at least 4 members (excludes halogenated alkanes) is 2. The van der Waals surface area contributed by atoms with Crippen LogP contribution < -0.4 is 0 Å². The number of piperidine rings is 1. The van der Waals surface area contributed by atoms with Crippen molar-refractivity contribution >= 4 is 5.97 Å². The van der Waals surface area contributed by atoms with Gasteiger partial charge in [-0.25, -0.2) is 4.79 Å². The molecule has 0 aromatic rings. The van der Waals surface area contributed by atoms with E-state index >= 15 is 0 Å². The number of hydrogen-bond donors (Lipinski definition) is 0. The third-order valence-electron chi connectivity index (χ3n) is 3.07. The highest BCUT2D eigenvalue weighted by Gasteiger charge is 2.29. The molecule has 1 aliphatic rings. The average molecular weight is 214 g/mol. The van der Waals surface area contributed by atoms with Gasteiger partial charge in [0.25, 0.3) is 0 Å². The van der Waals surface area contributed by atoms with Gasteiger partial charge in [0.2, 0.25) is 0 Å². The largest absolute Gasteiger partial charge is 0.366 e. The highest BCUT2D eigenvalue weighted by molar-refractivity contribution is 5.68. The normalized spacial score (nSPS) is 19.9. The Balaban J connectivity index is 2.23. The van der Waals surface area contributed by atoms with Gasteiger partial charge >= 0.3 is 5.97 Å². The van der Waals surface area contributed by atoms with E-state index in [2.05, 4.69) is 6.92 Å². The quantitative estimate of drug-likeness (QED) is 0.519. The fraction of sp³-hybridized carbons (Fsp3) is 0.917. The van der Waals surface area contributed by atoms with Gasteiger partial charge in [-0.1, -0.05) is 19.8 Å². The van der Waals surface area contributed by atoms with Crippen molar-refractivity contribution in [1.29, 1.82) is 0 Å². The molecule has 3 heteroatoms. The van der Waals surface area contributed by atoms with Crippen LogP contribution in [0, 0.1) is 0 Å². The fourth-order valence-corrected chi connectivity index (χ4v) is 2.08. The second kappa shape index (κ2) is 6.11. The van der Waals surface area contributed by atoms with Crippen LogP contribution in [0.4, 0.5) is 0 Å². The summed E-state index contributed by atoms with van der Waals surface area (Å²) in [5.41, 5.74) is 0. The molecule has 15 heavy (non-hydrogen) atoms. The first kappa shape index (κ1) is 12.5. The highest BCUT2D eigenvalue weighted by atomic mass is 16.7. The van der Waals surface area contributed by atoms with Gasteiger partial charge in [0.15, 0.2) is 0 Å². The molecule has 1 aliphatic heterocycles. The molecule has 0 amide bonds. The van der Waals surface area contributed by atoms with Gasteiger partial charge in [-0.3, -0.25) is 4.84 Å². The van der Waals surface area contributed by atoms with Crippen molar-refractivity contribution in [1.82, 2.24) is 0 Å². The van der Waals surface area contributed by atoms with Crippen LogP contribution in [-0.4, -0.2) is 30.8 Å². The van der Waals surface area contributed by atoms with Gasteiger partial charge in [0, 0.05) is 12.8 Å². The monoisotopic (exact) mass is 214 g/mol.